The van der Waals surface area contributed by atoms with Crippen LogP contribution in [0, 0.1) is 12.3 Å². The van der Waals surface area contributed by atoms with Gasteiger partial charge in [0.25, 0.3) is 0 Å². The van der Waals surface area contributed by atoms with Crippen molar-refractivity contribution >= 4 is 17.8 Å². The van der Waals surface area contributed by atoms with Gasteiger partial charge in [-0.25, -0.2) is 9.48 Å². The van der Waals surface area contributed by atoms with Gasteiger partial charge in [-0.3, -0.25) is 9.48 Å². The van der Waals surface area contributed by atoms with Gasteiger partial charge in [0.1, 0.15) is 11.9 Å². The molecule has 0 aromatic carbocycles. The second kappa shape index (κ2) is 14.2. The van der Waals surface area contributed by atoms with E-state index < -0.39 is 0 Å². The molecule has 2 N–H and O–H groups in total. The number of hydrogen-bond acceptors (Lipinski definition) is 5. The summed E-state index contributed by atoms with van der Waals surface area (Å²) in [5.74, 6) is 3.45. The fourth-order valence-corrected chi connectivity index (χ4v) is 4.96. The van der Waals surface area contributed by atoms with Gasteiger partial charge < -0.3 is 15.4 Å². The molecule has 2 aromatic heterocycles. The molecule has 9 heteroatoms. The first-order chi connectivity index (χ1) is 18.5. The van der Waals surface area contributed by atoms with E-state index in [1.165, 1.54) is 12.8 Å². The number of unbranched alkanes of at least 4 members (excludes halogenated alkanes) is 5. The second-order valence-electron chi connectivity index (χ2n) is 11.9. The molecular formula is C30H46N6O3. The van der Waals surface area contributed by atoms with Gasteiger partial charge in [0.15, 0.2) is 0 Å². The lowest BCUT2D eigenvalue weighted by molar-refractivity contribution is -0.115. The van der Waals surface area contributed by atoms with Crippen LogP contribution in [0.25, 0.3) is 0 Å². The number of anilines is 1. The summed E-state index contributed by atoms with van der Waals surface area (Å²) in [5, 5.41) is 15.2. The highest BCUT2D eigenvalue weighted by Gasteiger charge is 2.32. The minimum absolute atomic E-state index is 0.0393. The summed E-state index contributed by atoms with van der Waals surface area (Å²) in [6.07, 6.45) is 17.7. The molecule has 39 heavy (non-hydrogen) atoms. The molecule has 1 saturated carbocycles. The van der Waals surface area contributed by atoms with Crippen molar-refractivity contribution in [3.8, 4) is 12.3 Å². The molecule has 1 aliphatic rings. The molecule has 0 unspecified atom stereocenters. The van der Waals surface area contributed by atoms with E-state index in [1.807, 2.05) is 35.5 Å². The predicted molar refractivity (Wildman–Crippen MR) is 153 cm³/mol. The molecule has 2 aromatic rings. The smallest absolute Gasteiger partial charge is 0.407 e. The highest BCUT2D eigenvalue weighted by Crippen LogP contribution is 2.37. The molecule has 9 nitrogen and oxygen atoms in total. The Labute approximate surface area is 233 Å². The van der Waals surface area contributed by atoms with Crippen LogP contribution in [-0.4, -0.2) is 43.7 Å². The van der Waals surface area contributed by atoms with Crippen LogP contribution in [0.2, 0.25) is 0 Å². The maximum absolute atomic E-state index is 13.0. The molecule has 1 aliphatic carbocycles. The van der Waals surface area contributed by atoms with Gasteiger partial charge in [-0.1, -0.05) is 19.3 Å². The van der Waals surface area contributed by atoms with Crippen molar-refractivity contribution in [2.75, 3.05) is 5.32 Å². The minimum Gasteiger partial charge on any atom is -0.446 e. The zero-order valence-corrected chi connectivity index (χ0v) is 24.3. The minimum atomic E-state index is -0.372. The molecule has 0 radical (unpaired) electrons. The van der Waals surface area contributed by atoms with Crippen molar-refractivity contribution in [3.63, 3.8) is 0 Å². The van der Waals surface area contributed by atoms with Crippen LogP contribution in [0.1, 0.15) is 110 Å². The number of terminal acetylenes is 1. The SMILES string of the molecule is C#CCCCCCCCn1cc(CC(=O)Nc2cc([C@H]3CC[C@@H](OC(=O)NC(C)C)C3)nn2C(C)(C)C)cn1. The standard InChI is InChI=1S/C30H46N6O3/c1-7-8-9-10-11-12-13-16-35-21-23(20-31-35)17-28(37)33-27-19-26(34-36(27)30(4,5)6)24-14-15-25(18-24)39-29(38)32-22(2)3/h1,19-22,24-25H,8-18H2,2-6H3,(H,32,38)(H,33,37)/t24-,25+/m0/s1. The molecule has 1 fully saturated rings. The number of ether oxygens (including phenoxy) is 1. The lowest BCUT2D eigenvalue weighted by Gasteiger charge is -2.22. The third kappa shape index (κ3) is 9.76. The normalized spacial score (nSPS) is 17.3. The van der Waals surface area contributed by atoms with Crippen LogP contribution >= 0.6 is 0 Å². The van der Waals surface area contributed by atoms with E-state index in [0.717, 1.165) is 62.7 Å². The summed E-state index contributed by atoms with van der Waals surface area (Å²) in [5.41, 5.74) is 1.50. The number of aryl methyl sites for hydroxylation is 1. The van der Waals surface area contributed by atoms with Gasteiger partial charge in [-0.2, -0.15) is 10.2 Å². The Morgan fingerprint density at radius 1 is 1.18 bits per heavy atom. The quantitative estimate of drug-likeness (QED) is 0.249. The summed E-state index contributed by atoms with van der Waals surface area (Å²) in [7, 11) is 0. The van der Waals surface area contributed by atoms with Crippen molar-refractivity contribution in [2.45, 2.75) is 129 Å². The molecule has 2 atom stereocenters. The van der Waals surface area contributed by atoms with E-state index in [1.54, 1.807) is 6.20 Å². The lowest BCUT2D eigenvalue weighted by atomic mass is 10.0. The van der Waals surface area contributed by atoms with Gasteiger partial charge in [0.05, 0.1) is 23.9 Å². The van der Waals surface area contributed by atoms with Crippen LogP contribution < -0.4 is 10.6 Å². The highest BCUT2D eigenvalue weighted by molar-refractivity contribution is 5.91. The Morgan fingerprint density at radius 3 is 2.64 bits per heavy atom. The van der Waals surface area contributed by atoms with Crippen LogP contribution in [0.5, 0.6) is 0 Å². The third-order valence-electron chi connectivity index (χ3n) is 6.87. The first kappa shape index (κ1) is 30.3. The van der Waals surface area contributed by atoms with Gasteiger partial charge >= 0.3 is 6.09 Å². The number of rotatable bonds is 13. The topological polar surface area (TPSA) is 103 Å². The van der Waals surface area contributed by atoms with Crippen molar-refractivity contribution in [1.29, 1.82) is 0 Å². The van der Waals surface area contributed by atoms with Crippen molar-refractivity contribution in [2.24, 2.45) is 0 Å². The number of carbonyl (C=O) groups excluding carboxylic acids is 2. The van der Waals surface area contributed by atoms with Crippen LogP contribution in [-0.2, 0) is 28.0 Å². The Bertz CT molecular complexity index is 1120. The van der Waals surface area contributed by atoms with Gasteiger partial charge in [-0.15, -0.1) is 12.3 Å². The number of amides is 2. The maximum Gasteiger partial charge on any atom is 0.407 e. The number of hydrogen-bond donors (Lipinski definition) is 2. The van der Waals surface area contributed by atoms with E-state index in [9.17, 15) is 9.59 Å². The summed E-state index contributed by atoms with van der Waals surface area (Å²) < 4.78 is 9.39. The van der Waals surface area contributed by atoms with Gasteiger partial charge in [0, 0.05) is 37.2 Å². The Morgan fingerprint density at radius 2 is 1.92 bits per heavy atom. The number of nitrogens with zero attached hydrogens (tertiary/aromatic N) is 4. The summed E-state index contributed by atoms with van der Waals surface area (Å²) in [6, 6.07) is 2.01. The molecule has 0 spiro atoms. The number of carbonyl (C=O) groups is 2. The Kier molecular flexibility index (Phi) is 11.0. The average Bonchev–Trinajstić information content (AvgIpc) is 3.58. The van der Waals surface area contributed by atoms with Gasteiger partial charge in [0.2, 0.25) is 5.91 Å². The van der Waals surface area contributed by atoms with Gasteiger partial charge in [-0.05, 0) is 72.3 Å². The summed E-state index contributed by atoms with van der Waals surface area (Å²) in [6.45, 7) is 10.9. The number of aromatic nitrogens is 4. The lowest BCUT2D eigenvalue weighted by Crippen LogP contribution is -2.33. The Balaban J connectivity index is 1.54. The highest BCUT2D eigenvalue weighted by atomic mass is 16.6. The number of nitrogens with one attached hydrogen (secondary N) is 2. The summed E-state index contributed by atoms with van der Waals surface area (Å²) >= 11 is 0. The predicted octanol–water partition coefficient (Wildman–Crippen LogP) is 5.76. The second-order valence-corrected chi connectivity index (χ2v) is 11.9. The molecule has 0 aliphatic heterocycles. The maximum atomic E-state index is 13.0. The van der Waals surface area contributed by atoms with Crippen LogP contribution in [0.3, 0.4) is 0 Å². The average molecular weight is 539 g/mol. The fourth-order valence-electron chi connectivity index (χ4n) is 4.96. The van der Waals surface area contributed by atoms with Crippen LogP contribution in [0.15, 0.2) is 18.5 Å². The first-order valence-electron chi connectivity index (χ1n) is 14.4. The first-order valence-corrected chi connectivity index (χ1v) is 14.4. The molecule has 3 rings (SSSR count). The molecule has 2 heterocycles. The molecule has 0 saturated heterocycles. The molecule has 2 amide bonds. The summed E-state index contributed by atoms with van der Waals surface area (Å²) in [4.78, 5) is 25.0. The van der Waals surface area contributed by atoms with E-state index >= 15 is 0 Å². The fraction of sp³-hybridized carbons (Fsp3) is 0.667. The zero-order chi connectivity index (χ0) is 28.4. The van der Waals surface area contributed by atoms with E-state index in [2.05, 4.69) is 42.4 Å². The number of alkyl carbamates (subject to hydrolysis) is 1. The molecule has 0 bridgehead atoms. The van der Waals surface area contributed by atoms with Crippen LogP contribution in [0.4, 0.5) is 10.6 Å². The van der Waals surface area contributed by atoms with E-state index in [0.29, 0.717) is 5.82 Å². The zero-order valence-electron chi connectivity index (χ0n) is 24.3. The van der Waals surface area contributed by atoms with E-state index in [-0.39, 0.29) is 42.0 Å². The third-order valence-corrected chi connectivity index (χ3v) is 6.87. The Hall–Kier alpha value is -3.28. The molecular weight excluding hydrogens is 492 g/mol. The van der Waals surface area contributed by atoms with Crippen molar-refractivity contribution in [1.82, 2.24) is 24.9 Å². The van der Waals surface area contributed by atoms with E-state index in [4.69, 9.17) is 16.3 Å². The van der Waals surface area contributed by atoms with Crippen molar-refractivity contribution < 1.29 is 14.3 Å². The van der Waals surface area contributed by atoms with Crippen molar-refractivity contribution in [3.05, 3.63) is 29.7 Å². The molecule has 214 valence electrons. The monoisotopic (exact) mass is 538 g/mol. The largest absolute Gasteiger partial charge is 0.446 e.